The number of rotatable bonds is 4. The van der Waals surface area contributed by atoms with Crippen LogP contribution in [-0.2, 0) is 11.8 Å². The van der Waals surface area contributed by atoms with Crippen LogP contribution in [0.1, 0.15) is 20.8 Å². The number of hydrogen-bond acceptors (Lipinski definition) is 5. The van der Waals surface area contributed by atoms with Gasteiger partial charge in [0.15, 0.2) is 5.82 Å². The molecule has 1 aromatic heterocycles. The summed E-state index contributed by atoms with van der Waals surface area (Å²) in [6.45, 7) is 6.31. The van der Waals surface area contributed by atoms with E-state index in [-0.39, 0.29) is 18.0 Å². The fourth-order valence-electron chi connectivity index (χ4n) is 1.76. The Labute approximate surface area is 123 Å². The number of nitrogens with one attached hydrogen (secondary N) is 2. The molecule has 2 N–H and O–H groups in total. The van der Waals surface area contributed by atoms with Gasteiger partial charge in [-0.25, -0.2) is 4.68 Å². The number of nitrogens with zero attached hydrogens (tertiary/aromatic N) is 4. The molecule has 0 aliphatic heterocycles. The quantitative estimate of drug-likeness (QED) is 0.883. The first-order valence-corrected chi connectivity index (χ1v) is 6.73. The second kappa shape index (κ2) is 6.01. The van der Waals surface area contributed by atoms with E-state index in [2.05, 4.69) is 26.2 Å². The highest BCUT2D eigenvalue weighted by Gasteiger charge is 2.12. The normalized spacial score (nSPS) is 11.4. The lowest BCUT2D eigenvalue weighted by molar-refractivity contribution is -0.115. The van der Waals surface area contributed by atoms with Crippen LogP contribution in [0.5, 0.6) is 0 Å². The van der Waals surface area contributed by atoms with Crippen molar-refractivity contribution in [3.63, 3.8) is 0 Å². The Morgan fingerprint density at radius 3 is 2.71 bits per heavy atom. The molecule has 2 rings (SSSR count). The van der Waals surface area contributed by atoms with Crippen molar-refractivity contribution in [1.82, 2.24) is 25.5 Å². The van der Waals surface area contributed by atoms with Crippen molar-refractivity contribution in [1.29, 1.82) is 0 Å². The number of aromatic nitrogens is 4. The van der Waals surface area contributed by atoms with Crippen molar-refractivity contribution in [3.05, 3.63) is 24.3 Å². The first-order valence-electron chi connectivity index (χ1n) is 6.73. The van der Waals surface area contributed by atoms with Crippen molar-refractivity contribution in [2.24, 2.45) is 7.05 Å². The molecule has 1 heterocycles. The van der Waals surface area contributed by atoms with Crippen molar-refractivity contribution in [2.75, 3.05) is 11.9 Å². The van der Waals surface area contributed by atoms with Gasteiger partial charge in [-0.15, -0.1) is 5.10 Å². The molecule has 0 spiro atoms. The van der Waals surface area contributed by atoms with Crippen molar-refractivity contribution in [3.8, 4) is 11.4 Å². The Bertz CT molecular complexity index is 628. The molecule has 0 atom stereocenters. The topological polar surface area (TPSA) is 84.7 Å². The molecule has 2 aromatic rings. The molecule has 7 heteroatoms. The van der Waals surface area contributed by atoms with E-state index in [4.69, 9.17) is 0 Å². The van der Waals surface area contributed by atoms with E-state index in [0.29, 0.717) is 5.82 Å². The van der Waals surface area contributed by atoms with E-state index in [0.717, 1.165) is 11.3 Å². The van der Waals surface area contributed by atoms with E-state index < -0.39 is 0 Å². The Balaban J connectivity index is 2.05. The van der Waals surface area contributed by atoms with Crippen molar-refractivity contribution >= 4 is 11.6 Å². The van der Waals surface area contributed by atoms with E-state index in [9.17, 15) is 4.79 Å². The zero-order chi connectivity index (χ0) is 15.5. The molecule has 112 valence electrons. The molecule has 0 aliphatic rings. The zero-order valence-corrected chi connectivity index (χ0v) is 12.7. The minimum Gasteiger partial charge on any atom is -0.325 e. The number of carbonyl (C=O) groups is 1. The van der Waals surface area contributed by atoms with E-state index in [1.807, 2.05) is 45.0 Å². The molecule has 0 unspecified atom stereocenters. The number of hydrogen-bond donors (Lipinski definition) is 2. The second-order valence-corrected chi connectivity index (χ2v) is 5.86. The largest absolute Gasteiger partial charge is 0.325 e. The van der Waals surface area contributed by atoms with Crippen LogP contribution >= 0.6 is 0 Å². The molecular formula is C14H20N6O. The lowest BCUT2D eigenvalue weighted by Crippen LogP contribution is -2.41. The van der Waals surface area contributed by atoms with Crippen LogP contribution < -0.4 is 10.6 Å². The van der Waals surface area contributed by atoms with Gasteiger partial charge in [0.25, 0.3) is 0 Å². The third-order valence-corrected chi connectivity index (χ3v) is 2.80. The number of anilines is 1. The average Bonchev–Trinajstić information content (AvgIpc) is 2.82. The second-order valence-electron chi connectivity index (χ2n) is 5.86. The molecule has 0 saturated heterocycles. The third-order valence-electron chi connectivity index (χ3n) is 2.80. The molecular weight excluding hydrogens is 268 g/mol. The third kappa shape index (κ3) is 4.35. The summed E-state index contributed by atoms with van der Waals surface area (Å²) in [6.07, 6.45) is 0. The lowest BCUT2D eigenvalue weighted by Gasteiger charge is -2.20. The van der Waals surface area contributed by atoms with Gasteiger partial charge in [0.1, 0.15) is 0 Å². The summed E-state index contributed by atoms with van der Waals surface area (Å²) in [7, 11) is 1.77. The molecule has 1 aromatic carbocycles. The summed E-state index contributed by atoms with van der Waals surface area (Å²) in [5.74, 6) is 0.567. The predicted molar refractivity (Wildman–Crippen MR) is 80.6 cm³/mol. The fourth-order valence-corrected chi connectivity index (χ4v) is 1.76. The average molecular weight is 288 g/mol. The van der Waals surface area contributed by atoms with Crippen LogP contribution in [0.25, 0.3) is 11.4 Å². The lowest BCUT2D eigenvalue weighted by atomic mass is 10.1. The predicted octanol–water partition coefficient (Wildman–Crippen LogP) is 1.20. The number of aryl methyl sites for hydroxylation is 1. The Morgan fingerprint density at radius 2 is 2.10 bits per heavy atom. The van der Waals surface area contributed by atoms with E-state index >= 15 is 0 Å². The van der Waals surface area contributed by atoms with Gasteiger partial charge in [-0.3, -0.25) is 4.79 Å². The Hall–Kier alpha value is -2.28. The van der Waals surface area contributed by atoms with E-state index in [1.54, 1.807) is 11.7 Å². The van der Waals surface area contributed by atoms with Gasteiger partial charge in [-0.2, -0.15) is 0 Å². The molecule has 7 nitrogen and oxygen atoms in total. The van der Waals surface area contributed by atoms with E-state index in [1.165, 1.54) is 0 Å². The molecule has 0 fully saturated rings. The summed E-state index contributed by atoms with van der Waals surface area (Å²) in [4.78, 5) is 11.9. The van der Waals surface area contributed by atoms with Gasteiger partial charge in [0, 0.05) is 23.8 Å². The number of carbonyl (C=O) groups excluding carboxylic acids is 1. The van der Waals surface area contributed by atoms with Gasteiger partial charge < -0.3 is 10.6 Å². The molecule has 0 radical (unpaired) electrons. The van der Waals surface area contributed by atoms with Crippen LogP contribution in [0.15, 0.2) is 24.3 Å². The highest BCUT2D eigenvalue weighted by atomic mass is 16.1. The van der Waals surface area contributed by atoms with Crippen molar-refractivity contribution < 1.29 is 4.79 Å². The van der Waals surface area contributed by atoms with Gasteiger partial charge >= 0.3 is 0 Å². The number of benzene rings is 1. The molecule has 1 amide bonds. The monoisotopic (exact) mass is 288 g/mol. The molecule has 0 aliphatic carbocycles. The van der Waals surface area contributed by atoms with Crippen molar-refractivity contribution in [2.45, 2.75) is 26.3 Å². The molecule has 0 bridgehead atoms. The Kier molecular flexibility index (Phi) is 4.32. The SMILES string of the molecule is Cn1nnnc1-c1cccc(NC(=O)CNC(C)(C)C)c1. The summed E-state index contributed by atoms with van der Waals surface area (Å²) in [6, 6.07) is 7.44. The van der Waals surface area contributed by atoms with Gasteiger partial charge in [-0.05, 0) is 43.3 Å². The van der Waals surface area contributed by atoms with Crippen LogP contribution in [0.2, 0.25) is 0 Å². The highest BCUT2D eigenvalue weighted by molar-refractivity contribution is 5.92. The Morgan fingerprint density at radius 1 is 1.33 bits per heavy atom. The standard InChI is InChI=1S/C14H20N6O/c1-14(2,3)15-9-12(21)16-11-7-5-6-10(8-11)13-17-18-19-20(13)4/h5-8,15H,9H2,1-4H3,(H,16,21). The summed E-state index contributed by atoms with van der Waals surface area (Å²) < 4.78 is 1.59. The number of amides is 1. The minimum atomic E-state index is -0.0938. The maximum absolute atomic E-state index is 11.9. The summed E-state index contributed by atoms with van der Waals surface area (Å²) in [5, 5.41) is 17.4. The number of tetrazole rings is 1. The summed E-state index contributed by atoms with van der Waals surface area (Å²) >= 11 is 0. The first kappa shape index (κ1) is 15.1. The maximum atomic E-state index is 11.9. The highest BCUT2D eigenvalue weighted by Crippen LogP contribution is 2.19. The smallest absolute Gasteiger partial charge is 0.238 e. The minimum absolute atomic E-state index is 0.0850. The van der Waals surface area contributed by atoms with Gasteiger partial charge in [-0.1, -0.05) is 12.1 Å². The first-order chi connectivity index (χ1) is 9.85. The van der Waals surface area contributed by atoms with Crippen LogP contribution in [0, 0.1) is 0 Å². The molecule has 0 saturated carbocycles. The van der Waals surface area contributed by atoms with Crippen LogP contribution in [-0.4, -0.2) is 38.2 Å². The van der Waals surface area contributed by atoms with Gasteiger partial charge in [0.05, 0.1) is 6.54 Å². The van der Waals surface area contributed by atoms with Crippen LogP contribution in [0.3, 0.4) is 0 Å². The van der Waals surface area contributed by atoms with Crippen LogP contribution in [0.4, 0.5) is 5.69 Å². The molecule has 21 heavy (non-hydrogen) atoms. The zero-order valence-electron chi connectivity index (χ0n) is 12.7. The fraction of sp³-hybridized carbons (Fsp3) is 0.429. The van der Waals surface area contributed by atoms with Gasteiger partial charge in [0.2, 0.25) is 5.91 Å². The maximum Gasteiger partial charge on any atom is 0.238 e. The summed E-state index contributed by atoms with van der Waals surface area (Å²) in [5.41, 5.74) is 1.48.